The molecule has 1 saturated heterocycles. The van der Waals surface area contributed by atoms with E-state index in [9.17, 15) is 4.79 Å². The number of anilines is 1. The highest BCUT2D eigenvalue weighted by atomic mass is 16.5. The van der Waals surface area contributed by atoms with Crippen LogP contribution in [0.15, 0.2) is 36.8 Å². The molecule has 2 aliphatic rings. The molecule has 25 heavy (non-hydrogen) atoms. The Kier molecular flexibility index (Phi) is 4.58. The van der Waals surface area contributed by atoms with Crippen molar-refractivity contribution in [2.45, 2.75) is 31.7 Å². The van der Waals surface area contributed by atoms with E-state index in [-0.39, 0.29) is 18.0 Å². The number of aromatic nitrogens is 2. The largest absolute Gasteiger partial charge is 0.379 e. The van der Waals surface area contributed by atoms with E-state index in [1.807, 2.05) is 18.2 Å². The first-order valence-corrected chi connectivity index (χ1v) is 8.40. The molecule has 130 valence electrons. The lowest BCUT2D eigenvalue weighted by Crippen LogP contribution is -2.52. The average Bonchev–Trinajstić information content (AvgIpc) is 3.12. The Balaban J connectivity index is 1.45. The molecule has 0 bridgehead atoms. The smallest absolute Gasteiger partial charge is 0.251 e. The van der Waals surface area contributed by atoms with E-state index >= 15 is 0 Å². The fourth-order valence-corrected chi connectivity index (χ4v) is 3.18. The van der Waals surface area contributed by atoms with Crippen molar-refractivity contribution in [1.82, 2.24) is 15.3 Å². The van der Waals surface area contributed by atoms with E-state index in [4.69, 9.17) is 9.47 Å². The van der Waals surface area contributed by atoms with Crippen LogP contribution in [-0.4, -0.2) is 41.2 Å². The molecule has 0 saturated carbocycles. The van der Waals surface area contributed by atoms with Crippen LogP contribution in [0.3, 0.4) is 0 Å². The topological polar surface area (TPSA) is 85.4 Å². The van der Waals surface area contributed by atoms with Crippen LogP contribution in [0.1, 0.15) is 27.9 Å². The highest BCUT2D eigenvalue weighted by Gasteiger charge is 2.28. The lowest BCUT2D eigenvalue weighted by molar-refractivity contribution is 0.0620. The molecule has 1 amide bonds. The van der Waals surface area contributed by atoms with Crippen molar-refractivity contribution in [3.8, 4) is 0 Å². The molecule has 1 aromatic heterocycles. The summed E-state index contributed by atoms with van der Waals surface area (Å²) in [5.74, 6) is 0.649. The molecule has 0 unspecified atom stereocenters. The fraction of sp³-hybridized carbons (Fsp3) is 0.389. The Morgan fingerprint density at radius 3 is 2.92 bits per heavy atom. The summed E-state index contributed by atoms with van der Waals surface area (Å²) < 4.78 is 11.0. The van der Waals surface area contributed by atoms with Gasteiger partial charge in [0.1, 0.15) is 12.1 Å². The number of nitrogens with one attached hydrogen (secondary N) is 2. The summed E-state index contributed by atoms with van der Waals surface area (Å²) in [6, 6.07) is 7.48. The van der Waals surface area contributed by atoms with Crippen LogP contribution in [0.4, 0.5) is 5.82 Å². The second-order valence-corrected chi connectivity index (χ2v) is 6.27. The summed E-state index contributed by atoms with van der Waals surface area (Å²) in [6.07, 6.45) is 3.92. The SMILES string of the molecule is O=C(N[C@H]1CCOC[C@H]1Nc1ccncn1)c1ccc2c(c1)COC2. The van der Waals surface area contributed by atoms with Gasteiger partial charge >= 0.3 is 0 Å². The minimum Gasteiger partial charge on any atom is -0.379 e. The van der Waals surface area contributed by atoms with Gasteiger partial charge in [-0.2, -0.15) is 0 Å². The third kappa shape index (κ3) is 3.62. The van der Waals surface area contributed by atoms with Gasteiger partial charge in [0.25, 0.3) is 5.91 Å². The molecule has 0 radical (unpaired) electrons. The lowest BCUT2D eigenvalue weighted by Gasteiger charge is -2.33. The van der Waals surface area contributed by atoms with Crippen molar-refractivity contribution < 1.29 is 14.3 Å². The van der Waals surface area contributed by atoms with Gasteiger partial charge in [0.2, 0.25) is 0 Å². The zero-order chi connectivity index (χ0) is 17.1. The summed E-state index contributed by atoms with van der Waals surface area (Å²) in [5, 5.41) is 6.45. The number of benzene rings is 1. The number of carbonyl (C=O) groups is 1. The van der Waals surface area contributed by atoms with Gasteiger partial charge in [0.15, 0.2) is 0 Å². The van der Waals surface area contributed by atoms with Crippen LogP contribution >= 0.6 is 0 Å². The van der Waals surface area contributed by atoms with Crippen LogP contribution in [0.2, 0.25) is 0 Å². The van der Waals surface area contributed by atoms with E-state index in [1.165, 1.54) is 6.33 Å². The van der Waals surface area contributed by atoms with Gasteiger partial charge in [-0.05, 0) is 35.7 Å². The summed E-state index contributed by atoms with van der Waals surface area (Å²) in [4.78, 5) is 20.8. The van der Waals surface area contributed by atoms with Gasteiger partial charge in [0, 0.05) is 18.4 Å². The number of carbonyl (C=O) groups excluding carboxylic acids is 1. The first kappa shape index (κ1) is 16.0. The maximum atomic E-state index is 12.7. The van der Waals surface area contributed by atoms with Crippen LogP contribution in [0, 0.1) is 0 Å². The van der Waals surface area contributed by atoms with Crippen LogP contribution in [0.25, 0.3) is 0 Å². The van der Waals surface area contributed by atoms with Gasteiger partial charge in [-0.1, -0.05) is 6.07 Å². The maximum Gasteiger partial charge on any atom is 0.251 e. The zero-order valence-electron chi connectivity index (χ0n) is 13.8. The number of hydrogen-bond acceptors (Lipinski definition) is 6. The first-order chi connectivity index (χ1) is 12.3. The quantitative estimate of drug-likeness (QED) is 0.877. The molecule has 4 rings (SSSR count). The summed E-state index contributed by atoms with van der Waals surface area (Å²) in [6.45, 7) is 2.35. The van der Waals surface area contributed by atoms with E-state index in [0.29, 0.717) is 32.0 Å². The molecule has 0 aliphatic carbocycles. The number of amides is 1. The Labute approximate surface area is 145 Å². The van der Waals surface area contributed by atoms with E-state index in [2.05, 4.69) is 20.6 Å². The highest BCUT2D eigenvalue weighted by Crippen LogP contribution is 2.21. The van der Waals surface area contributed by atoms with Crippen LogP contribution < -0.4 is 10.6 Å². The van der Waals surface area contributed by atoms with Crippen LogP contribution in [0.5, 0.6) is 0 Å². The molecular weight excluding hydrogens is 320 g/mol. The van der Waals surface area contributed by atoms with Crippen molar-refractivity contribution in [2.75, 3.05) is 18.5 Å². The normalized spacial score (nSPS) is 22.2. The molecule has 2 N–H and O–H groups in total. The number of rotatable bonds is 4. The Bertz CT molecular complexity index is 753. The molecule has 7 heteroatoms. The summed E-state index contributed by atoms with van der Waals surface area (Å²) in [7, 11) is 0. The summed E-state index contributed by atoms with van der Waals surface area (Å²) in [5.41, 5.74) is 2.91. The second kappa shape index (κ2) is 7.16. The van der Waals surface area contributed by atoms with Crippen LogP contribution in [-0.2, 0) is 22.7 Å². The van der Waals surface area contributed by atoms with Gasteiger partial charge in [-0.3, -0.25) is 4.79 Å². The van der Waals surface area contributed by atoms with Gasteiger partial charge in [-0.15, -0.1) is 0 Å². The van der Waals surface area contributed by atoms with Crippen molar-refractivity contribution in [1.29, 1.82) is 0 Å². The number of fused-ring (bicyclic) bond motifs is 1. The van der Waals surface area contributed by atoms with Crippen molar-refractivity contribution in [3.63, 3.8) is 0 Å². The fourth-order valence-electron chi connectivity index (χ4n) is 3.18. The Hall–Kier alpha value is -2.51. The second-order valence-electron chi connectivity index (χ2n) is 6.27. The third-order valence-corrected chi connectivity index (χ3v) is 4.57. The first-order valence-electron chi connectivity index (χ1n) is 8.40. The van der Waals surface area contributed by atoms with E-state index in [0.717, 1.165) is 23.4 Å². The van der Waals surface area contributed by atoms with E-state index in [1.54, 1.807) is 12.3 Å². The summed E-state index contributed by atoms with van der Waals surface area (Å²) >= 11 is 0. The minimum atomic E-state index is -0.0731. The Morgan fingerprint density at radius 1 is 1.12 bits per heavy atom. The number of ether oxygens (including phenoxy) is 2. The Morgan fingerprint density at radius 2 is 2.04 bits per heavy atom. The van der Waals surface area contributed by atoms with Gasteiger partial charge in [0.05, 0.1) is 31.9 Å². The molecule has 2 aliphatic heterocycles. The predicted molar refractivity (Wildman–Crippen MR) is 91.1 cm³/mol. The van der Waals surface area contributed by atoms with Gasteiger partial charge in [-0.25, -0.2) is 9.97 Å². The third-order valence-electron chi connectivity index (χ3n) is 4.57. The van der Waals surface area contributed by atoms with Crippen molar-refractivity contribution in [3.05, 3.63) is 53.5 Å². The predicted octanol–water partition coefficient (Wildman–Crippen LogP) is 1.51. The monoisotopic (exact) mass is 340 g/mol. The molecule has 1 aromatic carbocycles. The standard InChI is InChI=1S/C18H20N4O3/c23-18(12-1-2-13-8-25-9-14(13)7-12)22-15-4-6-24-10-16(15)21-17-3-5-19-11-20-17/h1-3,5,7,11,15-16H,4,6,8-10H2,(H,22,23)(H,19,20,21)/t15-,16+/m0/s1. The van der Waals surface area contributed by atoms with Crippen molar-refractivity contribution >= 4 is 11.7 Å². The van der Waals surface area contributed by atoms with E-state index < -0.39 is 0 Å². The van der Waals surface area contributed by atoms with Gasteiger partial charge < -0.3 is 20.1 Å². The highest BCUT2D eigenvalue weighted by molar-refractivity contribution is 5.94. The molecule has 2 aromatic rings. The van der Waals surface area contributed by atoms with Crippen molar-refractivity contribution in [2.24, 2.45) is 0 Å². The number of hydrogen-bond donors (Lipinski definition) is 2. The lowest BCUT2D eigenvalue weighted by atomic mass is 10.0. The minimum absolute atomic E-state index is 0.0271. The molecule has 3 heterocycles. The number of nitrogens with zero attached hydrogens (tertiary/aromatic N) is 2. The maximum absolute atomic E-state index is 12.7. The zero-order valence-corrected chi connectivity index (χ0v) is 13.8. The molecular formula is C18H20N4O3. The molecule has 2 atom stereocenters. The molecule has 7 nitrogen and oxygen atoms in total. The molecule has 1 fully saturated rings. The average molecular weight is 340 g/mol. The molecule has 0 spiro atoms.